The first-order valence-corrected chi connectivity index (χ1v) is 9.11. The van der Waals surface area contributed by atoms with Crippen molar-refractivity contribution in [1.29, 1.82) is 5.26 Å². The first-order chi connectivity index (χ1) is 12.4. The van der Waals surface area contributed by atoms with Crippen molar-refractivity contribution < 1.29 is 22.1 Å². The van der Waals surface area contributed by atoms with Gasteiger partial charge in [0.05, 0.1) is 5.30 Å². The molecule has 0 aliphatic heterocycles. The molecule has 3 rings (SSSR count). The zero-order valence-corrected chi connectivity index (χ0v) is 14.0. The summed E-state index contributed by atoms with van der Waals surface area (Å²) in [6.45, 7) is 0. The van der Waals surface area contributed by atoms with Crippen LogP contribution >= 0.6 is 7.14 Å². The molecule has 0 radical (unpaired) electrons. The van der Waals surface area contributed by atoms with Gasteiger partial charge in [0.15, 0.2) is 30.4 Å². The maximum absolute atomic E-state index is 14.7. The zero-order chi connectivity index (χ0) is 18.9. The van der Waals surface area contributed by atoms with E-state index < -0.39 is 41.3 Å². The summed E-state index contributed by atoms with van der Waals surface area (Å²) in [5.41, 5.74) is -1.39. The fourth-order valence-electron chi connectivity index (χ4n) is 2.68. The molecule has 3 aromatic carbocycles. The van der Waals surface area contributed by atoms with Crippen molar-refractivity contribution in [2.24, 2.45) is 0 Å². The second-order valence-electron chi connectivity index (χ2n) is 5.37. The lowest BCUT2D eigenvalue weighted by molar-refractivity contribution is 0.458. The number of halogens is 4. The van der Waals surface area contributed by atoms with Gasteiger partial charge in [0.1, 0.15) is 11.6 Å². The Morgan fingerprint density at radius 2 is 1.08 bits per heavy atom. The van der Waals surface area contributed by atoms with Crippen LogP contribution in [0.2, 0.25) is 0 Å². The summed E-state index contributed by atoms with van der Waals surface area (Å²) in [5.74, 6) is -7.41. The summed E-state index contributed by atoms with van der Waals surface area (Å²) in [6, 6.07) is 15.7. The largest absolute Gasteiger partial charge is 0.308 e. The molecule has 0 aromatic heterocycles. The minimum atomic E-state index is -4.28. The number of hydrogen-bond acceptors (Lipinski definition) is 2. The highest BCUT2D eigenvalue weighted by molar-refractivity contribution is 7.85. The molecule has 2 nitrogen and oxygen atoms in total. The SMILES string of the molecule is N#Cc1c(F)c(F)c(P(=O)(c2ccccc2)c2ccccc2)c(F)c1F. The summed E-state index contributed by atoms with van der Waals surface area (Å²) in [4.78, 5) is 0. The summed E-state index contributed by atoms with van der Waals surface area (Å²) >= 11 is 0. The van der Waals surface area contributed by atoms with Crippen molar-refractivity contribution in [2.45, 2.75) is 0 Å². The average molecular weight is 375 g/mol. The van der Waals surface area contributed by atoms with Gasteiger partial charge in [0, 0.05) is 10.6 Å². The van der Waals surface area contributed by atoms with Crippen molar-refractivity contribution in [3.8, 4) is 6.07 Å². The average Bonchev–Trinajstić information content (AvgIpc) is 2.68. The molecule has 0 unspecified atom stereocenters. The third-order valence-electron chi connectivity index (χ3n) is 3.91. The highest BCUT2D eigenvalue weighted by Crippen LogP contribution is 2.44. The van der Waals surface area contributed by atoms with E-state index in [0.29, 0.717) is 0 Å². The maximum atomic E-state index is 14.7. The Kier molecular flexibility index (Phi) is 4.67. The van der Waals surface area contributed by atoms with Crippen molar-refractivity contribution in [3.63, 3.8) is 0 Å². The van der Waals surface area contributed by atoms with Gasteiger partial charge in [-0.25, -0.2) is 17.6 Å². The topological polar surface area (TPSA) is 40.9 Å². The number of benzene rings is 3. The predicted molar refractivity (Wildman–Crippen MR) is 90.4 cm³/mol. The summed E-state index contributed by atoms with van der Waals surface area (Å²) < 4.78 is 71.5. The molecule has 7 heteroatoms. The van der Waals surface area contributed by atoms with Crippen molar-refractivity contribution in [3.05, 3.63) is 89.5 Å². The lowest BCUT2D eigenvalue weighted by atomic mass is 10.2. The molecule has 130 valence electrons. The van der Waals surface area contributed by atoms with E-state index in [1.165, 1.54) is 48.5 Å². The van der Waals surface area contributed by atoms with Crippen LogP contribution < -0.4 is 15.9 Å². The normalized spacial score (nSPS) is 11.2. The van der Waals surface area contributed by atoms with Gasteiger partial charge in [0.25, 0.3) is 0 Å². The Morgan fingerprint density at radius 3 is 1.42 bits per heavy atom. The van der Waals surface area contributed by atoms with E-state index in [0.717, 1.165) is 6.07 Å². The molecular weight excluding hydrogens is 365 g/mol. The van der Waals surface area contributed by atoms with Crippen LogP contribution in [0.3, 0.4) is 0 Å². The smallest absolute Gasteiger partial charge is 0.180 e. The quantitative estimate of drug-likeness (QED) is 0.397. The molecule has 0 fully saturated rings. The van der Waals surface area contributed by atoms with Crippen molar-refractivity contribution >= 4 is 23.1 Å². The summed E-state index contributed by atoms with van der Waals surface area (Å²) in [7, 11) is -4.28. The Labute approximate surface area is 146 Å². The van der Waals surface area contributed by atoms with Crippen LogP contribution in [-0.4, -0.2) is 0 Å². The predicted octanol–water partition coefficient (Wildman–Crippen LogP) is 3.75. The van der Waals surface area contributed by atoms with E-state index >= 15 is 0 Å². The van der Waals surface area contributed by atoms with Crippen molar-refractivity contribution in [1.82, 2.24) is 0 Å². The lowest BCUT2D eigenvalue weighted by Gasteiger charge is -2.21. The fourth-order valence-corrected chi connectivity index (χ4v) is 5.43. The third-order valence-corrected chi connectivity index (χ3v) is 6.98. The second-order valence-corrected chi connectivity index (χ2v) is 8.07. The van der Waals surface area contributed by atoms with Crippen molar-refractivity contribution in [2.75, 3.05) is 0 Å². The summed E-state index contributed by atoms with van der Waals surface area (Å²) in [5, 5.41) is 7.54. The first-order valence-electron chi connectivity index (χ1n) is 7.40. The number of hydrogen-bond donors (Lipinski definition) is 0. The number of nitrogens with zero attached hydrogens (tertiary/aromatic N) is 1. The molecule has 0 saturated carbocycles. The molecule has 26 heavy (non-hydrogen) atoms. The molecule has 0 bridgehead atoms. The second kappa shape index (κ2) is 6.78. The van der Waals surface area contributed by atoms with Gasteiger partial charge in [-0.3, -0.25) is 0 Å². The van der Waals surface area contributed by atoms with E-state index in [-0.39, 0.29) is 10.6 Å². The third kappa shape index (κ3) is 2.61. The first kappa shape index (κ1) is 17.9. The van der Waals surface area contributed by atoms with Crippen LogP contribution in [-0.2, 0) is 4.57 Å². The van der Waals surface area contributed by atoms with Gasteiger partial charge in [-0.2, -0.15) is 5.26 Å². The standard InChI is InChI=1S/C19H10F4NOP/c20-15-14(11-24)16(21)18(23)19(17(15)22)26(25,12-7-3-1-4-8-12)13-9-5-2-6-10-13/h1-10H. The monoisotopic (exact) mass is 375 g/mol. The van der Waals surface area contributed by atoms with Gasteiger partial charge < -0.3 is 4.57 Å². The lowest BCUT2D eigenvalue weighted by Crippen LogP contribution is -2.31. The minimum Gasteiger partial charge on any atom is -0.308 e. The molecule has 0 atom stereocenters. The van der Waals surface area contributed by atoms with Crippen LogP contribution in [0, 0.1) is 34.6 Å². The Morgan fingerprint density at radius 1 is 0.692 bits per heavy atom. The van der Waals surface area contributed by atoms with E-state index in [1.54, 1.807) is 12.1 Å². The van der Waals surface area contributed by atoms with E-state index in [9.17, 15) is 22.1 Å². The van der Waals surface area contributed by atoms with Gasteiger partial charge >= 0.3 is 0 Å². The van der Waals surface area contributed by atoms with Gasteiger partial charge in [0.2, 0.25) is 0 Å². The number of nitriles is 1. The van der Waals surface area contributed by atoms with E-state index in [2.05, 4.69) is 0 Å². The minimum absolute atomic E-state index is 0.00695. The summed E-state index contributed by atoms with van der Waals surface area (Å²) in [6.07, 6.45) is 0. The molecule has 0 heterocycles. The fraction of sp³-hybridized carbons (Fsp3) is 0. The molecule has 0 amide bonds. The van der Waals surface area contributed by atoms with E-state index in [1.807, 2.05) is 0 Å². The zero-order valence-electron chi connectivity index (χ0n) is 13.1. The van der Waals surface area contributed by atoms with Crippen LogP contribution in [0.1, 0.15) is 5.56 Å². The molecule has 0 saturated heterocycles. The van der Waals surface area contributed by atoms with Gasteiger partial charge in [-0.05, 0) is 0 Å². The maximum Gasteiger partial charge on any atom is 0.180 e. The van der Waals surface area contributed by atoms with Crippen LogP contribution in [0.4, 0.5) is 17.6 Å². The Hall–Kier alpha value is -2.90. The van der Waals surface area contributed by atoms with Crippen LogP contribution in [0.15, 0.2) is 60.7 Å². The van der Waals surface area contributed by atoms with Gasteiger partial charge in [-0.1, -0.05) is 60.7 Å². The molecule has 3 aromatic rings. The molecular formula is C19H10F4NOP. The Bertz CT molecular complexity index is 990. The Balaban J connectivity index is 2.48. The molecule has 0 aliphatic rings. The highest BCUT2D eigenvalue weighted by atomic mass is 31.2. The molecule has 0 N–H and O–H groups in total. The van der Waals surface area contributed by atoms with E-state index in [4.69, 9.17) is 5.26 Å². The van der Waals surface area contributed by atoms with Crippen LogP contribution in [0.25, 0.3) is 0 Å². The number of rotatable bonds is 3. The molecule has 0 spiro atoms. The highest BCUT2D eigenvalue weighted by Gasteiger charge is 2.39. The van der Waals surface area contributed by atoms with Gasteiger partial charge in [-0.15, -0.1) is 0 Å². The molecule has 0 aliphatic carbocycles. The van der Waals surface area contributed by atoms with Crippen LogP contribution in [0.5, 0.6) is 0 Å².